The number of aliphatic hydroxyl groups is 1. The van der Waals surface area contributed by atoms with Crippen LogP contribution in [0.15, 0.2) is 24.3 Å². The number of allylic oxidation sites excluding steroid dienone is 4. The lowest BCUT2D eigenvalue weighted by atomic mass is 10.0. The molecule has 0 aliphatic rings. The van der Waals surface area contributed by atoms with Gasteiger partial charge in [0.15, 0.2) is 12.2 Å². The summed E-state index contributed by atoms with van der Waals surface area (Å²) in [6, 6.07) is 0. The second kappa shape index (κ2) is 76.7. The van der Waals surface area contributed by atoms with Crippen LogP contribution in [0.4, 0.5) is 0 Å². The number of esters is 4. The largest absolute Gasteiger partial charge is 0.472 e. The van der Waals surface area contributed by atoms with Gasteiger partial charge in [0.05, 0.1) is 26.4 Å². The predicted molar refractivity (Wildman–Crippen MR) is 418 cm³/mol. The number of hydrogen-bond acceptors (Lipinski definition) is 15. The molecule has 0 aliphatic carbocycles. The van der Waals surface area contributed by atoms with E-state index in [9.17, 15) is 43.2 Å². The zero-order valence-electron chi connectivity index (χ0n) is 66.1. The van der Waals surface area contributed by atoms with Gasteiger partial charge in [-0.05, 0) is 57.8 Å². The summed E-state index contributed by atoms with van der Waals surface area (Å²) in [5.74, 6) is -2.13. The lowest BCUT2D eigenvalue weighted by Crippen LogP contribution is -2.30. The van der Waals surface area contributed by atoms with Crippen LogP contribution in [-0.4, -0.2) is 96.7 Å². The van der Waals surface area contributed by atoms with Gasteiger partial charge in [0, 0.05) is 25.7 Å². The Morgan fingerprint density at radius 2 is 0.480 bits per heavy atom. The lowest BCUT2D eigenvalue weighted by Gasteiger charge is -2.21. The number of hydrogen-bond donors (Lipinski definition) is 3. The molecule has 0 spiro atoms. The molecule has 0 saturated heterocycles. The highest BCUT2D eigenvalue weighted by Crippen LogP contribution is 2.45. The summed E-state index contributed by atoms with van der Waals surface area (Å²) in [5, 5.41) is 10.7. The molecule has 0 radical (unpaired) electrons. The number of ether oxygens (including phenoxy) is 4. The van der Waals surface area contributed by atoms with E-state index >= 15 is 0 Å². The summed E-state index contributed by atoms with van der Waals surface area (Å²) < 4.78 is 68.8. The smallest absolute Gasteiger partial charge is 0.462 e. The Bertz CT molecular complexity index is 2020. The first-order chi connectivity index (χ1) is 49.7. The van der Waals surface area contributed by atoms with Crippen LogP contribution in [-0.2, 0) is 65.4 Å². The number of unbranched alkanes of at least 4 members (excludes halogenated alkanes) is 52. The van der Waals surface area contributed by atoms with Gasteiger partial charge in [0.1, 0.15) is 19.3 Å². The molecule has 19 heteroatoms. The maximum Gasteiger partial charge on any atom is 0.472 e. The first kappa shape index (κ1) is 99.5. The van der Waals surface area contributed by atoms with Crippen LogP contribution < -0.4 is 0 Å². The molecule has 0 aromatic rings. The van der Waals surface area contributed by atoms with E-state index in [0.717, 1.165) is 109 Å². The summed E-state index contributed by atoms with van der Waals surface area (Å²) in [5.41, 5.74) is 0. The van der Waals surface area contributed by atoms with Crippen molar-refractivity contribution in [1.29, 1.82) is 0 Å². The van der Waals surface area contributed by atoms with Crippen molar-refractivity contribution in [3.8, 4) is 0 Å². The Morgan fingerprint density at radius 1 is 0.275 bits per heavy atom. The Kier molecular flexibility index (Phi) is 74.9. The fraction of sp³-hybridized carbons (Fsp3) is 0.904. The second-order valence-corrected chi connectivity index (χ2v) is 32.1. The first-order valence-corrected chi connectivity index (χ1v) is 45.6. The number of phosphoric acid groups is 2. The van der Waals surface area contributed by atoms with E-state index in [1.54, 1.807) is 0 Å². The summed E-state index contributed by atoms with van der Waals surface area (Å²) in [4.78, 5) is 73.1. The van der Waals surface area contributed by atoms with Crippen molar-refractivity contribution < 1.29 is 80.2 Å². The molecule has 0 amide bonds. The minimum atomic E-state index is -4.97. The van der Waals surface area contributed by atoms with Crippen LogP contribution in [0.25, 0.3) is 0 Å². The molecule has 0 saturated carbocycles. The van der Waals surface area contributed by atoms with Crippen LogP contribution in [0.5, 0.6) is 0 Å². The van der Waals surface area contributed by atoms with Gasteiger partial charge in [0.25, 0.3) is 0 Å². The Labute approximate surface area is 624 Å². The minimum absolute atomic E-state index is 0.0878. The highest BCUT2D eigenvalue weighted by Gasteiger charge is 2.30. The molecule has 602 valence electrons. The van der Waals surface area contributed by atoms with E-state index in [0.29, 0.717) is 25.7 Å². The Morgan fingerprint density at radius 3 is 0.745 bits per heavy atom. The predicted octanol–water partition coefficient (Wildman–Crippen LogP) is 24.9. The SMILES string of the molecule is CCCCC/C=C\C/C=C\CCCCCCCC(=O)O[C@H](COC(=O)CCCCCCCCCCCCCCCCC)COP(=O)(O)OC[C@H](O)COP(=O)(O)OC[C@@H](COC(=O)CCCCCCCCCCCCCCCCCCC)OC(=O)CCCCCCCCCCCCCCCCC. The number of aliphatic hydroxyl groups excluding tert-OH is 1. The number of carbonyl (C=O) groups excluding carboxylic acids is 4. The van der Waals surface area contributed by atoms with Crippen molar-refractivity contribution in [2.75, 3.05) is 39.6 Å². The van der Waals surface area contributed by atoms with Crippen LogP contribution in [0.3, 0.4) is 0 Å². The molecular weight excluding hydrogens is 1330 g/mol. The van der Waals surface area contributed by atoms with E-state index in [-0.39, 0.29) is 25.7 Å². The summed E-state index contributed by atoms with van der Waals surface area (Å²) in [7, 11) is -9.93. The third-order valence-electron chi connectivity index (χ3n) is 18.9. The van der Waals surface area contributed by atoms with Gasteiger partial charge in [-0.3, -0.25) is 37.3 Å². The van der Waals surface area contributed by atoms with Gasteiger partial charge in [-0.1, -0.05) is 367 Å². The Balaban J connectivity index is 5.29. The highest BCUT2D eigenvalue weighted by atomic mass is 31.2. The standard InChI is InChI=1S/C83H158O17P2/c1-5-9-13-17-21-25-29-33-37-38-42-44-48-52-56-60-64-68-81(86)94-74-79(100-83(88)70-66-62-58-54-50-46-41-36-32-28-24-20-16-12-8-4)76-98-102(91,92)96-72-77(84)71-95-101(89,90)97-75-78(99-82(87)69-65-61-57-53-49-45-40-35-31-27-23-19-15-11-7-3)73-93-80(85)67-63-59-55-51-47-43-39-34-30-26-22-18-14-10-6-2/h23,27,35,40,77-79,84H,5-22,24-26,28-34,36-39,41-76H2,1-4H3,(H,89,90)(H,91,92)/b27-23-,40-35-/t77-,78+,79+/m0/s1. The molecule has 0 aromatic carbocycles. The molecule has 0 aliphatic heterocycles. The van der Waals surface area contributed by atoms with E-state index < -0.39 is 97.5 Å². The number of phosphoric ester groups is 2. The quantitative estimate of drug-likeness (QED) is 0.0169. The van der Waals surface area contributed by atoms with Gasteiger partial charge in [-0.25, -0.2) is 9.13 Å². The average molecular weight is 1490 g/mol. The van der Waals surface area contributed by atoms with Gasteiger partial charge in [0.2, 0.25) is 0 Å². The monoisotopic (exact) mass is 1490 g/mol. The molecule has 0 bridgehead atoms. The topological polar surface area (TPSA) is 237 Å². The molecule has 0 heterocycles. The van der Waals surface area contributed by atoms with Gasteiger partial charge < -0.3 is 33.8 Å². The molecule has 0 aromatic heterocycles. The van der Waals surface area contributed by atoms with Crippen molar-refractivity contribution in [3.05, 3.63) is 24.3 Å². The number of rotatable bonds is 82. The zero-order valence-corrected chi connectivity index (χ0v) is 67.9. The molecule has 2 unspecified atom stereocenters. The molecule has 0 fully saturated rings. The molecule has 0 rings (SSSR count). The highest BCUT2D eigenvalue weighted by molar-refractivity contribution is 7.47. The van der Waals surface area contributed by atoms with Crippen LogP contribution in [0.1, 0.15) is 426 Å². The normalized spacial score (nSPS) is 13.9. The van der Waals surface area contributed by atoms with E-state index in [1.165, 1.54) is 238 Å². The van der Waals surface area contributed by atoms with Gasteiger partial charge in [-0.15, -0.1) is 0 Å². The van der Waals surface area contributed by atoms with E-state index in [1.807, 2.05) is 0 Å². The van der Waals surface area contributed by atoms with Gasteiger partial charge in [-0.2, -0.15) is 0 Å². The number of carbonyl (C=O) groups is 4. The lowest BCUT2D eigenvalue weighted by molar-refractivity contribution is -0.161. The van der Waals surface area contributed by atoms with Crippen molar-refractivity contribution in [1.82, 2.24) is 0 Å². The summed E-state index contributed by atoms with van der Waals surface area (Å²) >= 11 is 0. The molecular formula is C83H158O17P2. The third kappa shape index (κ3) is 75.8. The fourth-order valence-electron chi connectivity index (χ4n) is 12.4. The maximum atomic E-state index is 13.1. The fourth-order valence-corrected chi connectivity index (χ4v) is 14.0. The van der Waals surface area contributed by atoms with E-state index in [2.05, 4.69) is 52.0 Å². The third-order valence-corrected chi connectivity index (χ3v) is 20.9. The van der Waals surface area contributed by atoms with Crippen molar-refractivity contribution in [2.45, 2.75) is 444 Å². The Hall–Kier alpha value is -2.46. The van der Waals surface area contributed by atoms with Crippen molar-refractivity contribution >= 4 is 39.5 Å². The first-order valence-electron chi connectivity index (χ1n) is 42.6. The van der Waals surface area contributed by atoms with Crippen molar-refractivity contribution in [2.24, 2.45) is 0 Å². The van der Waals surface area contributed by atoms with Crippen LogP contribution in [0.2, 0.25) is 0 Å². The summed E-state index contributed by atoms with van der Waals surface area (Å²) in [6.07, 6.45) is 72.8. The minimum Gasteiger partial charge on any atom is -0.462 e. The molecule has 102 heavy (non-hydrogen) atoms. The van der Waals surface area contributed by atoms with Crippen LogP contribution >= 0.6 is 15.6 Å². The second-order valence-electron chi connectivity index (χ2n) is 29.2. The maximum absolute atomic E-state index is 13.1. The molecule has 17 nitrogen and oxygen atoms in total. The zero-order chi connectivity index (χ0) is 74.6. The molecule has 5 atom stereocenters. The molecule has 3 N–H and O–H groups in total. The van der Waals surface area contributed by atoms with Gasteiger partial charge >= 0.3 is 39.5 Å². The van der Waals surface area contributed by atoms with Crippen LogP contribution in [0, 0.1) is 0 Å². The van der Waals surface area contributed by atoms with E-state index in [4.69, 9.17) is 37.0 Å². The summed E-state index contributed by atoms with van der Waals surface area (Å²) in [6.45, 7) is 4.98. The van der Waals surface area contributed by atoms with Crippen molar-refractivity contribution in [3.63, 3.8) is 0 Å². The average Bonchev–Trinajstić information content (AvgIpc) is 2.02.